The largest absolute Gasteiger partial charge is 0.487 e. The molecule has 0 aromatic heterocycles. The number of ether oxygens (including phenoxy) is 1. The van der Waals surface area contributed by atoms with Gasteiger partial charge < -0.3 is 9.84 Å². The smallest absolute Gasteiger partial charge is 0.124 e. The molecular weight excluding hydrogens is 200 g/mol. The average molecular weight is 220 g/mol. The second-order valence-corrected chi connectivity index (χ2v) is 4.78. The number of aliphatic hydroxyl groups excluding tert-OH is 1. The summed E-state index contributed by atoms with van der Waals surface area (Å²) >= 11 is 0. The Morgan fingerprint density at radius 1 is 1.19 bits per heavy atom. The van der Waals surface area contributed by atoms with Crippen molar-refractivity contribution in [3.63, 3.8) is 0 Å². The molecule has 0 radical (unpaired) electrons. The molecule has 2 nitrogen and oxygen atoms in total. The molecule has 0 aliphatic heterocycles. The summed E-state index contributed by atoms with van der Waals surface area (Å²) in [7, 11) is 0. The maximum Gasteiger partial charge on any atom is 0.124 e. The summed E-state index contributed by atoms with van der Waals surface area (Å²) in [4.78, 5) is 0. The molecular formula is C14H20O2. The summed E-state index contributed by atoms with van der Waals surface area (Å²) in [5.41, 5.74) is 2.34. The van der Waals surface area contributed by atoms with Crippen LogP contribution in [0.25, 0.3) is 0 Å². The minimum atomic E-state index is -0.298. The number of rotatable bonds is 2. The number of benzene rings is 1. The van der Waals surface area contributed by atoms with E-state index in [1.165, 1.54) is 5.56 Å². The second-order valence-electron chi connectivity index (χ2n) is 4.78. The highest BCUT2D eigenvalue weighted by Gasteiger charge is 2.24. The van der Waals surface area contributed by atoms with Crippen molar-refractivity contribution in [1.29, 1.82) is 0 Å². The van der Waals surface area contributed by atoms with Gasteiger partial charge in [-0.1, -0.05) is 18.6 Å². The lowest BCUT2D eigenvalue weighted by Crippen LogP contribution is -2.34. The van der Waals surface area contributed by atoms with Crippen molar-refractivity contribution < 1.29 is 9.84 Å². The van der Waals surface area contributed by atoms with E-state index in [1.807, 2.05) is 6.92 Å². The van der Waals surface area contributed by atoms with Gasteiger partial charge in [-0.05, 0) is 50.3 Å². The predicted molar refractivity (Wildman–Crippen MR) is 64.8 cm³/mol. The topological polar surface area (TPSA) is 29.5 Å². The maximum absolute atomic E-state index is 9.87. The Bertz CT molecular complexity index is 360. The average Bonchev–Trinajstić information content (AvgIpc) is 2.27. The Morgan fingerprint density at radius 2 is 1.94 bits per heavy atom. The van der Waals surface area contributed by atoms with Crippen LogP contribution in [0.5, 0.6) is 5.75 Å². The molecule has 2 unspecified atom stereocenters. The first-order valence-corrected chi connectivity index (χ1v) is 6.09. The fraction of sp³-hybridized carbons (Fsp3) is 0.571. The molecule has 0 spiro atoms. The van der Waals surface area contributed by atoms with Crippen LogP contribution in [-0.2, 0) is 0 Å². The van der Waals surface area contributed by atoms with Crippen molar-refractivity contribution >= 4 is 0 Å². The van der Waals surface area contributed by atoms with Gasteiger partial charge in [0, 0.05) is 0 Å². The SMILES string of the molecule is Cc1ccc(C)c(OC2CCCCC2O)c1. The highest BCUT2D eigenvalue weighted by atomic mass is 16.5. The normalized spacial score (nSPS) is 25.4. The van der Waals surface area contributed by atoms with Crippen molar-refractivity contribution in [2.75, 3.05) is 0 Å². The van der Waals surface area contributed by atoms with Crippen molar-refractivity contribution in [3.05, 3.63) is 29.3 Å². The summed E-state index contributed by atoms with van der Waals surface area (Å²) in [5.74, 6) is 0.922. The van der Waals surface area contributed by atoms with Crippen LogP contribution in [0.15, 0.2) is 18.2 Å². The Labute approximate surface area is 97.3 Å². The predicted octanol–water partition coefficient (Wildman–Crippen LogP) is 2.99. The van der Waals surface area contributed by atoms with E-state index in [9.17, 15) is 5.11 Å². The summed E-state index contributed by atoms with van der Waals surface area (Å²) in [6.07, 6.45) is 3.80. The van der Waals surface area contributed by atoms with Gasteiger partial charge >= 0.3 is 0 Å². The molecule has 0 bridgehead atoms. The molecule has 16 heavy (non-hydrogen) atoms. The fourth-order valence-corrected chi connectivity index (χ4v) is 2.21. The van der Waals surface area contributed by atoms with Gasteiger partial charge in [-0.2, -0.15) is 0 Å². The zero-order valence-corrected chi connectivity index (χ0v) is 10.1. The molecule has 1 aliphatic carbocycles. The van der Waals surface area contributed by atoms with Crippen LogP contribution in [0.1, 0.15) is 36.8 Å². The number of aliphatic hydroxyl groups is 1. The first kappa shape index (κ1) is 11.5. The van der Waals surface area contributed by atoms with E-state index in [1.54, 1.807) is 0 Å². The first-order valence-electron chi connectivity index (χ1n) is 6.09. The molecule has 1 aromatic rings. The number of aryl methyl sites for hydroxylation is 2. The summed E-state index contributed by atoms with van der Waals surface area (Å²) < 4.78 is 5.93. The van der Waals surface area contributed by atoms with E-state index in [2.05, 4.69) is 25.1 Å². The van der Waals surface area contributed by atoms with E-state index >= 15 is 0 Å². The highest BCUT2D eigenvalue weighted by Crippen LogP contribution is 2.26. The van der Waals surface area contributed by atoms with Gasteiger partial charge in [0.25, 0.3) is 0 Å². The fourth-order valence-electron chi connectivity index (χ4n) is 2.21. The third-order valence-corrected chi connectivity index (χ3v) is 3.29. The summed E-state index contributed by atoms with van der Waals surface area (Å²) in [6.45, 7) is 4.10. The molecule has 1 saturated carbocycles. The van der Waals surface area contributed by atoms with Crippen LogP contribution in [-0.4, -0.2) is 17.3 Å². The van der Waals surface area contributed by atoms with Gasteiger partial charge in [-0.25, -0.2) is 0 Å². The van der Waals surface area contributed by atoms with Crippen LogP contribution in [0.2, 0.25) is 0 Å². The Hall–Kier alpha value is -1.02. The van der Waals surface area contributed by atoms with Crippen LogP contribution >= 0.6 is 0 Å². The highest BCUT2D eigenvalue weighted by molar-refractivity contribution is 5.36. The third kappa shape index (κ3) is 2.56. The standard InChI is InChI=1S/C14H20O2/c1-10-7-8-11(2)14(9-10)16-13-6-4-3-5-12(13)15/h7-9,12-13,15H,3-6H2,1-2H3. The van der Waals surface area contributed by atoms with Gasteiger partial charge in [-0.3, -0.25) is 0 Å². The maximum atomic E-state index is 9.87. The minimum Gasteiger partial charge on any atom is -0.487 e. The Balaban J connectivity index is 2.10. The molecule has 1 aliphatic rings. The minimum absolute atomic E-state index is 0.0192. The molecule has 1 aromatic carbocycles. The van der Waals surface area contributed by atoms with Crippen molar-refractivity contribution in [3.8, 4) is 5.75 Å². The van der Waals surface area contributed by atoms with Gasteiger partial charge in [0.05, 0.1) is 6.10 Å². The third-order valence-electron chi connectivity index (χ3n) is 3.29. The lowest BCUT2D eigenvalue weighted by Gasteiger charge is -2.28. The van der Waals surface area contributed by atoms with Crippen molar-refractivity contribution in [2.24, 2.45) is 0 Å². The van der Waals surface area contributed by atoms with E-state index < -0.39 is 0 Å². The van der Waals surface area contributed by atoms with E-state index in [4.69, 9.17) is 4.74 Å². The van der Waals surface area contributed by atoms with Crippen molar-refractivity contribution in [1.82, 2.24) is 0 Å². The summed E-state index contributed by atoms with van der Waals surface area (Å²) in [5, 5.41) is 9.87. The monoisotopic (exact) mass is 220 g/mol. The first-order chi connectivity index (χ1) is 7.66. The molecule has 2 rings (SSSR count). The van der Waals surface area contributed by atoms with Gasteiger partial charge in [0.15, 0.2) is 0 Å². The zero-order valence-electron chi connectivity index (χ0n) is 10.1. The van der Waals surface area contributed by atoms with E-state index in [0.717, 1.165) is 37.0 Å². The molecule has 2 heteroatoms. The summed E-state index contributed by atoms with van der Waals surface area (Å²) in [6, 6.07) is 6.20. The van der Waals surface area contributed by atoms with Gasteiger partial charge in [0.2, 0.25) is 0 Å². The quantitative estimate of drug-likeness (QED) is 0.830. The lowest BCUT2D eigenvalue weighted by atomic mass is 9.95. The lowest BCUT2D eigenvalue weighted by molar-refractivity contribution is 0.00652. The molecule has 1 N–H and O–H groups in total. The molecule has 0 saturated heterocycles. The van der Waals surface area contributed by atoms with E-state index in [-0.39, 0.29) is 12.2 Å². The molecule has 1 fully saturated rings. The van der Waals surface area contributed by atoms with Crippen molar-refractivity contribution in [2.45, 2.75) is 51.7 Å². The number of hydrogen-bond acceptors (Lipinski definition) is 2. The zero-order chi connectivity index (χ0) is 11.5. The van der Waals surface area contributed by atoms with Gasteiger partial charge in [0.1, 0.15) is 11.9 Å². The molecule has 0 amide bonds. The van der Waals surface area contributed by atoms with Crippen LogP contribution < -0.4 is 4.74 Å². The molecule has 0 heterocycles. The van der Waals surface area contributed by atoms with Crippen LogP contribution in [0.3, 0.4) is 0 Å². The molecule has 2 atom stereocenters. The molecule has 88 valence electrons. The van der Waals surface area contributed by atoms with Crippen LogP contribution in [0, 0.1) is 13.8 Å². The Morgan fingerprint density at radius 3 is 2.69 bits per heavy atom. The second kappa shape index (κ2) is 4.88. The van der Waals surface area contributed by atoms with Gasteiger partial charge in [-0.15, -0.1) is 0 Å². The van der Waals surface area contributed by atoms with E-state index in [0.29, 0.717) is 0 Å². The number of hydrogen-bond donors (Lipinski definition) is 1. The Kier molecular flexibility index (Phi) is 3.49. The van der Waals surface area contributed by atoms with Crippen LogP contribution in [0.4, 0.5) is 0 Å².